The Morgan fingerprint density at radius 2 is 1.47 bits per heavy atom. The second-order valence-corrected chi connectivity index (χ2v) is 8.31. The normalized spacial score (nSPS) is 21.5. The van der Waals surface area contributed by atoms with Crippen LogP contribution < -0.4 is 4.90 Å². The summed E-state index contributed by atoms with van der Waals surface area (Å²) in [6, 6.07) is 8.69. The summed E-state index contributed by atoms with van der Waals surface area (Å²) < 4.78 is 0. The van der Waals surface area contributed by atoms with E-state index in [-0.39, 0.29) is 42.3 Å². The molecule has 0 unspecified atom stereocenters. The first-order chi connectivity index (χ1) is 14.5. The average molecular weight is 412 g/mol. The second-order valence-electron chi connectivity index (χ2n) is 8.31. The molecule has 8 nitrogen and oxygen atoms in total. The Labute approximate surface area is 176 Å². The van der Waals surface area contributed by atoms with Crippen molar-refractivity contribution in [3.63, 3.8) is 0 Å². The van der Waals surface area contributed by atoms with Crippen LogP contribution in [0.15, 0.2) is 30.3 Å². The molecule has 0 spiro atoms. The van der Waals surface area contributed by atoms with Crippen LogP contribution >= 0.6 is 0 Å². The molecule has 8 heteroatoms. The summed E-state index contributed by atoms with van der Waals surface area (Å²) in [7, 11) is 0. The maximum absolute atomic E-state index is 12.9. The maximum Gasteiger partial charge on any atom is 0.332 e. The topological polar surface area (TPSA) is 81.2 Å². The number of urea groups is 1. The smallest absolute Gasteiger partial charge is 0.332 e. The number of carbonyl (C=O) groups excluding carboxylic acids is 4. The predicted molar refractivity (Wildman–Crippen MR) is 111 cm³/mol. The second kappa shape index (κ2) is 8.45. The number of rotatable bonds is 3. The van der Waals surface area contributed by atoms with E-state index >= 15 is 0 Å². The molecule has 0 aliphatic carbocycles. The van der Waals surface area contributed by atoms with Gasteiger partial charge in [0.1, 0.15) is 6.54 Å². The molecule has 160 valence electrons. The minimum absolute atomic E-state index is 0.0271. The molecule has 30 heavy (non-hydrogen) atoms. The Morgan fingerprint density at radius 1 is 0.867 bits per heavy atom. The fourth-order valence-electron chi connectivity index (χ4n) is 4.73. The lowest BCUT2D eigenvalue weighted by molar-refractivity contribution is -0.141. The number of piperidine rings is 2. The Bertz CT molecular complexity index is 827. The van der Waals surface area contributed by atoms with Crippen LogP contribution in [0.5, 0.6) is 0 Å². The molecule has 3 aliphatic rings. The summed E-state index contributed by atoms with van der Waals surface area (Å²) in [4.78, 5) is 56.3. The number of nitrogens with zero attached hydrogens (tertiary/aromatic N) is 4. The largest absolute Gasteiger partial charge is 0.343 e. The van der Waals surface area contributed by atoms with Gasteiger partial charge in [0.15, 0.2) is 0 Å². The van der Waals surface area contributed by atoms with Crippen molar-refractivity contribution in [2.45, 2.75) is 38.6 Å². The molecule has 1 aromatic rings. The summed E-state index contributed by atoms with van der Waals surface area (Å²) in [6.45, 7) is 4.13. The average Bonchev–Trinajstić information content (AvgIpc) is 3.08. The number of benzene rings is 1. The predicted octanol–water partition coefficient (Wildman–Crippen LogP) is 1.70. The quantitative estimate of drug-likeness (QED) is 0.708. The number of para-hydroxylation sites is 1. The third kappa shape index (κ3) is 3.91. The lowest BCUT2D eigenvalue weighted by Crippen LogP contribution is -2.50. The Hall–Kier alpha value is -2.90. The molecule has 0 radical (unpaired) electrons. The zero-order chi connectivity index (χ0) is 21.3. The highest BCUT2D eigenvalue weighted by Gasteiger charge is 2.42. The summed E-state index contributed by atoms with van der Waals surface area (Å²) >= 11 is 0. The van der Waals surface area contributed by atoms with Crippen LogP contribution in [0.4, 0.5) is 10.5 Å². The van der Waals surface area contributed by atoms with Crippen LogP contribution in [0, 0.1) is 5.92 Å². The fourth-order valence-corrected chi connectivity index (χ4v) is 4.73. The fraction of sp³-hybridized carbons (Fsp3) is 0.545. The molecular formula is C22H28N4O4. The third-order valence-electron chi connectivity index (χ3n) is 6.51. The molecule has 3 saturated heterocycles. The van der Waals surface area contributed by atoms with E-state index in [0.29, 0.717) is 57.5 Å². The van der Waals surface area contributed by atoms with Gasteiger partial charge in [-0.1, -0.05) is 18.2 Å². The van der Waals surface area contributed by atoms with Crippen molar-refractivity contribution in [3.05, 3.63) is 30.3 Å². The van der Waals surface area contributed by atoms with Gasteiger partial charge in [0.2, 0.25) is 11.8 Å². The highest BCUT2D eigenvalue weighted by molar-refractivity contribution is 6.19. The van der Waals surface area contributed by atoms with Gasteiger partial charge in [-0.15, -0.1) is 0 Å². The summed E-state index contributed by atoms with van der Waals surface area (Å²) in [5.74, 6) is -0.00914. The van der Waals surface area contributed by atoms with E-state index in [4.69, 9.17) is 0 Å². The first-order valence-corrected chi connectivity index (χ1v) is 10.7. The van der Waals surface area contributed by atoms with Crippen LogP contribution in [-0.2, 0) is 14.4 Å². The van der Waals surface area contributed by atoms with E-state index in [0.717, 1.165) is 0 Å². The highest BCUT2D eigenvalue weighted by Crippen LogP contribution is 2.28. The van der Waals surface area contributed by atoms with Crippen molar-refractivity contribution in [1.29, 1.82) is 0 Å². The summed E-state index contributed by atoms with van der Waals surface area (Å²) in [5.41, 5.74) is 0.597. The summed E-state index contributed by atoms with van der Waals surface area (Å²) in [6.07, 6.45) is 2.78. The highest BCUT2D eigenvalue weighted by atomic mass is 16.2. The molecule has 3 fully saturated rings. The van der Waals surface area contributed by atoms with E-state index in [1.165, 1.54) is 4.90 Å². The lowest BCUT2D eigenvalue weighted by Gasteiger charge is -2.39. The minimum Gasteiger partial charge on any atom is -0.343 e. The van der Waals surface area contributed by atoms with E-state index in [2.05, 4.69) is 0 Å². The zero-order valence-corrected chi connectivity index (χ0v) is 17.3. The number of carbonyl (C=O) groups is 4. The van der Waals surface area contributed by atoms with Crippen molar-refractivity contribution in [2.75, 3.05) is 37.6 Å². The van der Waals surface area contributed by atoms with Crippen molar-refractivity contribution < 1.29 is 19.2 Å². The van der Waals surface area contributed by atoms with Gasteiger partial charge >= 0.3 is 6.03 Å². The molecule has 0 saturated carbocycles. The van der Waals surface area contributed by atoms with Gasteiger partial charge in [-0.2, -0.15) is 0 Å². The standard InChI is InChI=1S/C22H28N4O4/c1-16(27)23-11-7-17(8-12-23)21(29)24-13-9-18(10-14-24)25-15-20(28)26(22(25)30)19-5-3-2-4-6-19/h2-6,17-18H,7-15H2,1H3. The molecule has 3 heterocycles. The number of hydrogen-bond donors (Lipinski definition) is 0. The monoisotopic (exact) mass is 412 g/mol. The SMILES string of the molecule is CC(=O)N1CCC(C(=O)N2CCC(N3CC(=O)N(c4ccccc4)C3=O)CC2)CC1. The number of anilines is 1. The summed E-state index contributed by atoms with van der Waals surface area (Å²) in [5, 5.41) is 0. The molecule has 0 bridgehead atoms. The lowest BCUT2D eigenvalue weighted by atomic mass is 9.93. The van der Waals surface area contributed by atoms with E-state index in [9.17, 15) is 19.2 Å². The minimum atomic E-state index is -0.271. The molecule has 1 aromatic carbocycles. The molecule has 0 N–H and O–H groups in total. The van der Waals surface area contributed by atoms with Crippen molar-refractivity contribution in [1.82, 2.24) is 14.7 Å². The first kappa shape index (κ1) is 20.4. The first-order valence-electron chi connectivity index (χ1n) is 10.7. The zero-order valence-electron chi connectivity index (χ0n) is 17.3. The Morgan fingerprint density at radius 3 is 2.07 bits per heavy atom. The van der Waals surface area contributed by atoms with Crippen LogP contribution in [0.3, 0.4) is 0 Å². The van der Waals surface area contributed by atoms with Gasteiger partial charge in [-0.3, -0.25) is 14.4 Å². The molecule has 4 rings (SSSR count). The van der Waals surface area contributed by atoms with E-state index in [1.807, 2.05) is 23.1 Å². The van der Waals surface area contributed by atoms with Gasteiger partial charge in [-0.05, 0) is 37.8 Å². The number of amides is 5. The Kier molecular flexibility index (Phi) is 5.74. The molecule has 3 aliphatic heterocycles. The van der Waals surface area contributed by atoms with Crippen LogP contribution in [0.1, 0.15) is 32.6 Å². The van der Waals surface area contributed by atoms with E-state index in [1.54, 1.807) is 28.9 Å². The van der Waals surface area contributed by atoms with Crippen LogP contribution in [0.25, 0.3) is 0 Å². The van der Waals surface area contributed by atoms with Crippen molar-refractivity contribution >= 4 is 29.4 Å². The molecule has 0 aromatic heterocycles. The van der Waals surface area contributed by atoms with E-state index < -0.39 is 0 Å². The van der Waals surface area contributed by atoms with Crippen LogP contribution in [-0.4, -0.2) is 77.2 Å². The third-order valence-corrected chi connectivity index (χ3v) is 6.51. The molecule has 5 amide bonds. The van der Waals surface area contributed by atoms with Crippen molar-refractivity contribution in [3.8, 4) is 0 Å². The van der Waals surface area contributed by atoms with Gasteiger partial charge in [0, 0.05) is 45.1 Å². The Balaban J connectivity index is 1.32. The van der Waals surface area contributed by atoms with Gasteiger partial charge in [-0.25, -0.2) is 9.69 Å². The van der Waals surface area contributed by atoms with Gasteiger partial charge in [0.25, 0.3) is 5.91 Å². The number of hydrogen-bond acceptors (Lipinski definition) is 4. The van der Waals surface area contributed by atoms with Crippen LogP contribution in [0.2, 0.25) is 0 Å². The van der Waals surface area contributed by atoms with Gasteiger partial charge < -0.3 is 14.7 Å². The molecular weight excluding hydrogens is 384 g/mol. The number of imide groups is 1. The molecule has 0 atom stereocenters. The maximum atomic E-state index is 12.9. The van der Waals surface area contributed by atoms with Gasteiger partial charge in [0.05, 0.1) is 5.69 Å². The van der Waals surface area contributed by atoms with Crippen molar-refractivity contribution in [2.24, 2.45) is 5.92 Å². The number of likely N-dealkylation sites (tertiary alicyclic amines) is 2.